The summed E-state index contributed by atoms with van der Waals surface area (Å²) in [6.07, 6.45) is 3.84. The number of aromatic nitrogens is 2. The molecule has 5 nitrogen and oxygen atoms in total. The van der Waals surface area contributed by atoms with E-state index in [4.69, 9.17) is 5.11 Å². The molecule has 2 N–H and O–H groups in total. The molecule has 1 unspecified atom stereocenters. The van der Waals surface area contributed by atoms with Gasteiger partial charge in [-0.3, -0.25) is 4.68 Å². The third-order valence-corrected chi connectivity index (χ3v) is 2.95. The number of likely N-dealkylation sites (N-methyl/N-ethyl adjacent to an activating group) is 1. The van der Waals surface area contributed by atoms with Crippen LogP contribution in [0.5, 0.6) is 0 Å². The Labute approximate surface area is 110 Å². The second-order valence-electron chi connectivity index (χ2n) is 5.33. The zero-order valence-electron chi connectivity index (χ0n) is 11.9. The molecular formula is C13H26N4O. The van der Waals surface area contributed by atoms with Crippen LogP contribution in [0.15, 0.2) is 12.4 Å². The molecule has 0 amide bonds. The van der Waals surface area contributed by atoms with Crippen LogP contribution in [-0.4, -0.2) is 53.1 Å². The van der Waals surface area contributed by atoms with E-state index in [0.717, 1.165) is 18.7 Å². The maximum absolute atomic E-state index is 8.84. The Balaban J connectivity index is 2.45. The van der Waals surface area contributed by atoms with Crippen LogP contribution in [0, 0.1) is 5.92 Å². The topological polar surface area (TPSA) is 53.3 Å². The summed E-state index contributed by atoms with van der Waals surface area (Å²) >= 11 is 0. The zero-order valence-corrected chi connectivity index (χ0v) is 11.9. The van der Waals surface area contributed by atoms with Gasteiger partial charge in [0.2, 0.25) is 0 Å². The second-order valence-corrected chi connectivity index (χ2v) is 5.33. The predicted molar refractivity (Wildman–Crippen MR) is 73.3 cm³/mol. The molecule has 0 aliphatic heterocycles. The first kappa shape index (κ1) is 15.1. The van der Waals surface area contributed by atoms with Crippen molar-refractivity contribution in [2.24, 2.45) is 5.92 Å². The normalized spacial score (nSPS) is 13.5. The number of hydrogen-bond donors (Lipinski definition) is 2. The summed E-state index contributed by atoms with van der Waals surface area (Å²) in [7, 11) is 4.19. The molecule has 0 radical (unpaired) electrons. The van der Waals surface area contributed by atoms with E-state index in [1.807, 2.05) is 12.4 Å². The van der Waals surface area contributed by atoms with E-state index in [9.17, 15) is 0 Å². The lowest BCUT2D eigenvalue weighted by atomic mass is 10.0. The summed E-state index contributed by atoms with van der Waals surface area (Å²) in [5.74, 6) is 0.597. The quantitative estimate of drug-likeness (QED) is 0.711. The third kappa shape index (κ3) is 5.16. The molecule has 1 rings (SSSR count). The van der Waals surface area contributed by atoms with Gasteiger partial charge in [0.15, 0.2) is 0 Å². The van der Waals surface area contributed by atoms with Gasteiger partial charge >= 0.3 is 0 Å². The van der Waals surface area contributed by atoms with Crippen LogP contribution in [-0.2, 0) is 13.1 Å². The van der Waals surface area contributed by atoms with E-state index < -0.39 is 0 Å². The third-order valence-electron chi connectivity index (χ3n) is 2.95. The first-order chi connectivity index (χ1) is 8.52. The Morgan fingerprint density at radius 1 is 1.44 bits per heavy atom. The number of hydrogen-bond acceptors (Lipinski definition) is 4. The minimum absolute atomic E-state index is 0.129. The van der Waals surface area contributed by atoms with Gasteiger partial charge in [-0.05, 0) is 20.0 Å². The van der Waals surface area contributed by atoms with Crippen LogP contribution in [0.2, 0.25) is 0 Å². The highest BCUT2D eigenvalue weighted by molar-refractivity contribution is 5.03. The van der Waals surface area contributed by atoms with Crippen LogP contribution >= 0.6 is 0 Å². The summed E-state index contributed by atoms with van der Waals surface area (Å²) in [5.41, 5.74) is 1.16. The zero-order chi connectivity index (χ0) is 13.5. The number of nitrogens with zero attached hydrogens (tertiary/aromatic N) is 3. The van der Waals surface area contributed by atoms with Crippen molar-refractivity contribution in [3.05, 3.63) is 18.0 Å². The van der Waals surface area contributed by atoms with Gasteiger partial charge in [-0.1, -0.05) is 13.8 Å². The maximum Gasteiger partial charge on any atom is 0.0640 e. The van der Waals surface area contributed by atoms with E-state index in [1.165, 1.54) is 0 Å². The molecule has 0 saturated carbocycles. The molecule has 0 aromatic carbocycles. The Kier molecular flexibility index (Phi) is 6.32. The lowest BCUT2D eigenvalue weighted by Gasteiger charge is -2.25. The Morgan fingerprint density at radius 3 is 2.72 bits per heavy atom. The number of aliphatic hydroxyl groups is 1. The minimum Gasteiger partial charge on any atom is -0.394 e. The van der Waals surface area contributed by atoms with Crippen molar-refractivity contribution in [3.8, 4) is 0 Å². The van der Waals surface area contributed by atoms with Crippen molar-refractivity contribution in [1.29, 1.82) is 0 Å². The summed E-state index contributed by atoms with van der Waals surface area (Å²) in [6, 6.07) is 0.473. The van der Waals surface area contributed by atoms with Gasteiger partial charge in [0.1, 0.15) is 0 Å². The summed E-state index contributed by atoms with van der Waals surface area (Å²) in [6.45, 7) is 7.01. The minimum atomic E-state index is 0.129. The average Bonchev–Trinajstić information content (AvgIpc) is 2.72. The molecule has 0 aliphatic rings. The Bertz CT molecular complexity index is 335. The standard InChI is InChI=1S/C13H26N4O/c1-11(2)13(10-16(3)4)14-7-12-8-15-17(9-12)5-6-18/h8-9,11,13-14,18H,5-7,10H2,1-4H3. The van der Waals surface area contributed by atoms with Crippen LogP contribution < -0.4 is 5.32 Å². The fraction of sp³-hybridized carbons (Fsp3) is 0.769. The van der Waals surface area contributed by atoms with E-state index >= 15 is 0 Å². The first-order valence-electron chi connectivity index (χ1n) is 6.53. The van der Waals surface area contributed by atoms with Crippen molar-refractivity contribution in [2.45, 2.75) is 33.0 Å². The van der Waals surface area contributed by atoms with Crippen molar-refractivity contribution in [3.63, 3.8) is 0 Å². The fourth-order valence-electron chi connectivity index (χ4n) is 1.88. The van der Waals surface area contributed by atoms with Crippen LogP contribution in [0.1, 0.15) is 19.4 Å². The second kappa shape index (κ2) is 7.51. The van der Waals surface area contributed by atoms with Gasteiger partial charge in [-0.2, -0.15) is 5.10 Å². The van der Waals surface area contributed by atoms with Gasteiger partial charge in [0.25, 0.3) is 0 Å². The van der Waals surface area contributed by atoms with E-state index in [0.29, 0.717) is 18.5 Å². The molecule has 1 aromatic heterocycles. The molecule has 0 spiro atoms. The van der Waals surface area contributed by atoms with Crippen molar-refractivity contribution in [1.82, 2.24) is 20.0 Å². The molecule has 104 valence electrons. The van der Waals surface area contributed by atoms with E-state index in [2.05, 4.69) is 43.3 Å². The lowest BCUT2D eigenvalue weighted by molar-refractivity contribution is 0.269. The molecule has 1 aromatic rings. The van der Waals surface area contributed by atoms with Gasteiger partial charge in [-0.25, -0.2) is 0 Å². The lowest BCUT2D eigenvalue weighted by Crippen LogP contribution is -2.41. The fourth-order valence-corrected chi connectivity index (χ4v) is 1.88. The number of aliphatic hydroxyl groups excluding tert-OH is 1. The first-order valence-corrected chi connectivity index (χ1v) is 6.53. The van der Waals surface area contributed by atoms with E-state index in [1.54, 1.807) is 4.68 Å². The monoisotopic (exact) mass is 254 g/mol. The van der Waals surface area contributed by atoms with Gasteiger partial charge < -0.3 is 15.3 Å². The van der Waals surface area contributed by atoms with Crippen LogP contribution in [0.4, 0.5) is 0 Å². The maximum atomic E-state index is 8.84. The Morgan fingerprint density at radius 2 is 2.17 bits per heavy atom. The van der Waals surface area contributed by atoms with Gasteiger partial charge in [-0.15, -0.1) is 0 Å². The molecule has 0 fully saturated rings. The number of nitrogens with one attached hydrogen (secondary N) is 1. The molecule has 0 saturated heterocycles. The smallest absolute Gasteiger partial charge is 0.0640 e. The van der Waals surface area contributed by atoms with Crippen LogP contribution in [0.25, 0.3) is 0 Å². The van der Waals surface area contributed by atoms with Crippen LogP contribution in [0.3, 0.4) is 0 Å². The van der Waals surface area contributed by atoms with Gasteiger partial charge in [0.05, 0.1) is 19.3 Å². The van der Waals surface area contributed by atoms with Gasteiger partial charge in [0, 0.05) is 30.9 Å². The molecule has 1 heterocycles. The Hall–Kier alpha value is -0.910. The molecular weight excluding hydrogens is 228 g/mol. The molecule has 5 heteroatoms. The van der Waals surface area contributed by atoms with E-state index in [-0.39, 0.29) is 6.61 Å². The molecule has 0 bridgehead atoms. The number of rotatable bonds is 8. The SMILES string of the molecule is CC(C)C(CN(C)C)NCc1cnn(CCO)c1. The summed E-state index contributed by atoms with van der Waals surface area (Å²) in [5, 5.41) is 16.6. The largest absolute Gasteiger partial charge is 0.394 e. The highest BCUT2D eigenvalue weighted by atomic mass is 16.3. The van der Waals surface area contributed by atoms with Crippen molar-refractivity contribution < 1.29 is 5.11 Å². The van der Waals surface area contributed by atoms with Crippen molar-refractivity contribution in [2.75, 3.05) is 27.2 Å². The summed E-state index contributed by atoms with van der Waals surface area (Å²) < 4.78 is 1.77. The molecule has 0 aliphatic carbocycles. The van der Waals surface area contributed by atoms with Crippen molar-refractivity contribution >= 4 is 0 Å². The molecule has 1 atom stereocenters. The highest BCUT2D eigenvalue weighted by Gasteiger charge is 2.13. The highest BCUT2D eigenvalue weighted by Crippen LogP contribution is 2.05. The summed E-state index contributed by atoms with van der Waals surface area (Å²) in [4.78, 5) is 2.20. The molecule has 18 heavy (non-hydrogen) atoms. The predicted octanol–water partition coefficient (Wildman–Crippen LogP) is 0.551. The average molecular weight is 254 g/mol.